The van der Waals surface area contributed by atoms with Crippen molar-refractivity contribution in [2.24, 2.45) is 11.8 Å². The Morgan fingerprint density at radius 2 is 1.42 bits per heavy atom. The van der Waals surface area contributed by atoms with Crippen LogP contribution in [0.4, 0.5) is 0 Å². The zero-order valence-corrected chi connectivity index (χ0v) is 23.8. The van der Waals surface area contributed by atoms with Gasteiger partial charge in [0.1, 0.15) is 11.7 Å². The molecule has 1 aliphatic rings. The van der Waals surface area contributed by atoms with Gasteiger partial charge in [-0.25, -0.2) is 0 Å². The van der Waals surface area contributed by atoms with E-state index in [1.54, 1.807) is 0 Å². The van der Waals surface area contributed by atoms with Crippen molar-refractivity contribution in [2.75, 3.05) is 20.3 Å². The van der Waals surface area contributed by atoms with Gasteiger partial charge in [0.2, 0.25) is 0 Å². The van der Waals surface area contributed by atoms with Crippen molar-refractivity contribution < 1.29 is 23.2 Å². The zero-order chi connectivity index (χ0) is 24.3. The maximum atomic E-state index is 12.5. The van der Waals surface area contributed by atoms with E-state index in [-0.39, 0.29) is 21.8 Å². The van der Waals surface area contributed by atoms with E-state index < -0.39 is 28.5 Å². The Bertz CT molecular complexity index is 628. The Morgan fingerprint density at radius 1 is 0.968 bits per heavy atom. The van der Waals surface area contributed by atoms with E-state index in [0.29, 0.717) is 19.6 Å². The van der Waals surface area contributed by atoms with Crippen molar-refractivity contribution in [3.05, 3.63) is 11.6 Å². The summed E-state index contributed by atoms with van der Waals surface area (Å²) in [4.78, 5) is 24.9. The van der Waals surface area contributed by atoms with Gasteiger partial charge >= 0.3 is 5.97 Å². The smallest absolute Gasteiger partial charge is 0.316 e. The van der Waals surface area contributed by atoms with Gasteiger partial charge in [0, 0.05) is 6.42 Å². The number of hydrogen-bond donors (Lipinski definition) is 0. The van der Waals surface area contributed by atoms with Gasteiger partial charge in [0.25, 0.3) is 0 Å². The second-order valence-corrected chi connectivity index (χ2v) is 21.6. The van der Waals surface area contributed by atoms with E-state index in [1.165, 1.54) is 7.11 Å². The van der Waals surface area contributed by atoms with Crippen LogP contribution in [0.15, 0.2) is 11.6 Å². The van der Waals surface area contributed by atoms with E-state index in [0.717, 1.165) is 18.4 Å². The molecule has 1 fully saturated rings. The van der Waals surface area contributed by atoms with Crippen LogP contribution in [0.5, 0.6) is 0 Å². The molecule has 7 heteroatoms. The molecule has 0 aromatic heterocycles. The van der Waals surface area contributed by atoms with Gasteiger partial charge < -0.3 is 13.6 Å². The predicted molar refractivity (Wildman–Crippen MR) is 132 cm³/mol. The molecule has 31 heavy (non-hydrogen) atoms. The molecule has 0 spiro atoms. The Hall–Kier alpha value is -0.766. The Kier molecular flexibility index (Phi) is 9.52. The summed E-state index contributed by atoms with van der Waals surface area (Å²) in [5.74, 6) is -1.32. The SMILES string of the molecule is COC(=O)[C@@H]1C(=O)CCC[C@H]1C=C(CO[Si](C)(C)C(C)(C)C)CO[Si](C)(C)C(C)(C)C. The fraction of sp³-hybridized carbons (Fsp3) is 0.833. The number of methoxy groups -OCH3 is 1. The highest BCUT2D eigenvalue weighted by Gasteiger charge is 2.40. The molecule has 0 aliphatic heterocycles. The van der Waals surface area contributed by atoms with Gasteiger partial charge in [-0.3, -0.25) is 9.59 Å². The molecule has 1 saturated carbocycles. The molecule has 0 unspecified atom stereocenters. The van der Waals surface area contributed by atoms with Crippen molar-refractivity contribution in [1.82, 2.24) is 0 Å². The summed E-state index contributed by atoms with van der Waals surface area (Å²) in [7, 11) is -2.54. The van der Waals surface area contributed by atoms with E-state index in [2.05, 4.69) is 73.8 Å². The molecule has 5 nitrogen and oxygen atoms in total. The number of hydrogen-bond acceptors (Lipinski definition) is 5. The van der Waals surface area contributed by atoms with Gasteiger partial charge in [-0.1, -0.05) is 47.6 Å². The molecule has 0 saturated heterocycles. The molecule has 180 valence electrons. The molecule has 0 aromatic rings. The molecule has 0 heterocycles. The number of esters is 1. The molecule has 1 aliphatic carbocycles. The summed E-state index contributed by atoms with van der Waals surface area (Å²) >= 11 is 0. The van der Waals surface area contributed by atoms with Gasteiger partial charge in [-0.2, -0.15) is 0 Å². The molecule has 2 atom stereocenters. The van der Waals surface area contributed by atoms with E-state index in [4.69, 9.17) is 13.6 Å². The van der Waals surface area contributed by atoms with Crippen molar-refractivity contribution in [2.45, 2.75) is 97.1 Å². The molecule has 0 radical (unpaired) electrons. The standard InChI is InChI=1S/C24H46O5Si2/c1-23(2,3)30(8,9)28-16-18(17-29-31(10,11)24(4,5)6)15-19-13-12-14-20(25)21(19)22(26)27-7/h15,19,21H,12-14,16-17H2,1-11H3/t19-,21-/m0/s1. The first kappa shape index (κ1) is 28.3. The third-order valence-electron chi connectivity index (χ3n) is 7.49. The van der Waals surface area contributed by atoms with Gasteiger partial charge in [0.15, 0.2) is 16.6 Å². The third kappa shape index (κ3) is 7.65. The molecule has 0 bridgehead atoms. The maximum absolute atomic E-state index is 12.5. The van der Waals surface area contributed by atoms with Crippen LogP contribution in [-0.4, -0.2) is 48.7 Å². The Morgan fingerprint density at radius 3 is 1.81 bits per heavy atom. The molecule has 0 aromatic carbocycles. The number of carbonyl (C=O) groups is 2. The number of allylic oxidation sites excluding steroid dienone is 1. The quantitative estimate of drug-likeness (QED) is 0.185. The lowest BCUT2D eigenvalue weighted by Gasteiger charge is -2.38. The van der Waals surface area contributed by atoms with Crippen LogP contribution < -0.4 is 0 Å². The molecule has 0 amide bonds. The van der Waals surface area contributed by atoms with Gasteiger partial charge in [0.05, 0.1) is 20.3 Å². The lowest BCUT2D eigenvalue weighted by atomic mass is 9.77. The minimum Gasteiger partial charge on any atom is -0.468 e. The average molecular weight is 471 g/mol. The van der Waals surface area contributed by atoms with E-state index >= 15 is 0 Å². The largest absolute Gasteiger partial charge is 0.468 e. The van der Waals surface area contributed by atoms with Crippen LogP contribution in [0.3, 0.4) is 0 Å². The van der Waals surface area contributed by atoms with Crippen molar-refractivity contribution >= 4 is 28.4 Å². The lowest BCUT2D eigenvalue weighted by Crippen LogP contribution is -2.43. The summed E-state index contributed by atoms with van der Waals surface area (Å²) in [6.45, 7) is 23.2. The lowest BCUT2D eigenvalue weighted by molar-refractivity contribution is -0.152. The summed E-state index contributed by atoms with van der Waals surface area (Å²) in [5.41, 5.74) is 1.03. The fourth-order valence-electron chi connectivity index (χ4n) is 3.11. The second-order valence-electron chi connectivity index (χ2n) is 11.9. The molecular weight excluding hydrogens is 424 g/mol. The first-order valence-corrected chi connectivity index (χ1v) is 17.3. The predicted octanol–water partition coefficient (Wildman–Crippen LogP) is 6.11. The van der Waals surface area contributed by atoms with Crippen LogP contribution in [0.25, 0.3) is 0 Å². The third-order valence-corrected chi connectivity index (χ3v) is 16.4. The van der Waals surface area contributed by atoms with E-state index in [9.17, 15) is 9.59 Å². The van der Waals surface area contributed by atoms with Crippen molar-refractivity contribution in [3.8, 4) is 0 Å². The number of ketones is 1. The highest BCUT2D eigenvalue weighted by molar-refractivity contribution is 6.74. The van der Waals surface area contributed by atoms with Crippen molar-refractivity contribution in [3.63, 3.8) is 0 Å². The van der Waals surface area contributed by atoms with Crippen LogP contribution in [0, 0.1) is 11.8 Å². The number of ether oxygens (including phenoxy) is 1. The first-order chi connectivity index (χ1) is 13.9. The van der Waals surface area contributed by atoms with Crippen LogP contribution in [0.2, 0.25) is 36.3 Å². The van der Waals surface area contributed by atoms with Gasteiger partial charge in [-0.05, 0) is 60.6 Å². The van der Waals surface area contributed by atoms with Gasteiger partial charge in [-0.15, -0.1) is 0 Å². The highest BCUT2D eigenvalue weighted by Crippen LogP contribution is 2.39. The first-order valence-electron chi connectivity index (χ1n) is 11.5. The summed E-state index contributed by atoms with van der Waals surface area (Å²) in [6.07, 6.45) is 4.13. The summed E-state index contributed by atoms with van der Waals surface area (Å²) in [6, 6.07) is 0. The molecule has 1 rings (SSSR count). The van der Waals surface area contributed by atoms with Crippen molar-refractivity contribution in [1.29, 1.82) is 0 Å². The number of carbonyl (C=O) groups excluding carboxylic acids is 2. The maximum Gasteiger partial charge on any atom is 0.316 e. The average Bonchev–Trinajstić information content (AvgIpc) is 2.61. The number of rotatable bonds is 8. The van der Waals surface area contributed by atoms with Crippen LogP contribution >= 0.6 is 0 Å². The van der Waals surface area contributed by atoms with E-state index in [1.807, 2.05) is 0 Å². The Balaban J connectivity index is 3.18. The monoisotopic (exact) mass is 470 g/mol. The van der Waals surface area contributed by atoms with Crippen LogP contribution in [0.1, 0.15) is 60.8 Å². The second kappa shape index (κ2) is 10.4. The number of Topliss-reactive ketones (excluding diaryl/α,β-unsaturated/α-hetero) is 1. The minimum atomic E-state index is -1.95. The Labute approximate surface area is 192 Å². The minimum absolute atomic E-state index is 0.0191. The fourth-order valence-corrected chi connectivity index (χ4v) is 5.06. The van der Waals surface area contributed by atoms with Crippen LogP contribution in [-0.2, 0) is 23.2 Å². The molecular formula is C24H46O5Si2. The normalized spacial score (nSPS) is 21.1. The summed E-state index contributed by atoms with van der Waals surface area (Å²) < 4.78 is 18.0. The zero-order valence-electron chi connectivity index (χ0n) is 21.8. The topological polar surface area (TPSA) is 61.8 Å². The molecule has 0 N–H and O–H groups in total. The highest BCUT2D eigenvalue weighted by atomic mass is 28.4. The summed E-state index contributed by atoms with van der Waals surface area (Å²) in [5, 5.41) is 0.210.